The number of methoxy groups -OCH3 is 1. The average Bonchev–Trinajstić information content (AvgIpc) is 2.23. The third-order valence-electron chi connectivity index (χ3n) is 1.98. The van der Waals surface area contributed by atoms with E-state index in [0.717, 1.165) is 0 Å². The second kappa shape index (κ2) is 5.09. The van der Waals surface area contributed by atoms with Crippen molar-refractivity contribution in [2.75, 3.05) is 7.11 Å². The number of hydrogen-bond donors (Lipinski definition) is 1. The number of benzene rings is 1. The lowest BCUT2D eigenvalue weighted by Crippen LogP contribution is -2.33. The van der Waals surface area contributed by atoms with Crippen LogP contribution in [0.5, 0.6) is 0 Å². The molecule has 0 spiro atoms. The second-order valence-corrected chi connectivity index (χ2v) is 3.45. The van der Waals surface area contributed by atoms with Crippen molar-refractivity contribution in [1.82, 2.24) is 0 Å². The maximum Gasteiger partial charge on any atom is 0.322 e. The van der Waals surface area contributed by atoms with E-state index in [1.54, 1.807) is 6.07 Å². The number of ether oxygens (including phenoxy) is 1. The fourth-order valence-electron chi connectivity index (χ4n) is 1.18. The van der Waals surface area contributed by atoms with Crippen molar-refractivity contribution >= 4 is 17.6 Å². The molecule has 3 nitrogen and oxygen atoms in total. The van der Waals surface area contributed by atoms with Gasteiger partial charge in [-0.05, 0) is 11.6 Å². The van der Waals surface area contributed by atoms with Gasteiger partial charge < -0.3 is 10.5 Å². The first-order chi connectivity index (χ1) is 7.06. The van der Waals surface area contributed by atoms with Gasteiger partial charge >= 0.3 is 5.97 Å². The molecule has 1 aromatic rings. The van der Waals surface area contributed by atoms with Gasteiger partial charge in [-0.2, -0.15) is 0 Å². The number of carbonyl (C=O) groups excluding carboxylic acids is 1. The molecule has 0 aromatic heterocycles. The number of esters is 1. The highest BCUT2D eigenvalue weighted by atomic mass is 35.5. The van der Waals surface area contributed by atoms with Crippen LogP contribution in [0.25, 0.3) is 0 Å². The van der Waals surface area contributed by atoms with Crippen molar-refractivity contribution in [3.8, 4) is 0 Å². The zero-order chi connectivity index (χ0) is 11.4. The molecule has 0 aliphatic carbocycles. The largest absolute Gasteiger partial charge is 0.468 e. The number of hydrogen-bond acceptors (Lipinski definition) is 3. The van der Waals surface area contributed by atoms with E-state index in [4.69, 9.17) is 17.3 Å². The van der Waals surface area contributed by atoms with Gasteiger partial charge in [-0.25, -0.2) is 4.39 Å². The van der Waals surface area contributed by atoms with Crippen molar-refractivity contribution in [2.45, 2.75) is 12.5 Å². The minimum atomic E-state index is -0.872. The molecule has 0 aliphatic rings. The Labute approximate surface area is 92.0 Å². The summed E-state index contributed by atoms with van der Waals surface area (Å²) in [5.41, 5.74) is 5.80. The highest BCUT2D eigenvalue weighted by Gasteiger charge is 2.17. The Morgan fingerprint density at radius 2 is 2.33 bits per heavy atom. The SMILES string of the molecule is COC(=O)[C@@H](N)Cc1cccc(Cl)c1F. The summed E-state index contributed by atoms with van der Waals surface area (Å²) >= 11 is 5.58. The molecular weight excluding hydrogens is 221 g/mol. The average molecular weight is 232 g/mol. The van der Waals surface area contributed by atoms with Gasteiger partial charge in [0.05, 0.1) is 12.1 Å². The zero-order valence-electron chi connectivity index (χ0n) is 8.17. The first-order valence-electron chi connectivity index (χ1n) is 4.32. The first kappa shape index (κ1) is 11.9. The molecule has 15 heavy (non-hydrogen) atoms. The highest BCUT2D eigenvalue weighted by Crippen LogP contribution is 2.18. The molecular formula is C10H11ClFNO2. The lowest BCUT2D eigenvalue weighted by molar-refractivity contribution is -0.142. The van der Waals surface area contributed by atoms with Gasteiger partial charge in [0.15, 0.2) is 0 Å². The lowest BCUT2D eigenvalue weighted by Gasteiger charge is -2.10. The molecule has 0 saturated carbocycles. The van der Waals surface area contributed by atoms with E-state index < -0.39 is 17.8 Å². The Hall–Kier alpha value is -1.13. The molecule has 0 heterocycles. The van der Waals surface area contributed by atoms with E-state index in [-0.39, 0.29) is 11.4 Å². The first-order valence-corrected chi connectivity index (χ1v) is 4.70. The fraction of sp³-hybridized carbons (Fsp3) is 0.300. The zero-order valence-corrected chi connectivity index (χ0v) is 8.92. The van der Waals surface area contributed by atoms with E-state index in [2.05, 4.69) is 4.74 Å². The molecule has 1 rings (SSSR count). The summed E-state index contributed by atoms with van der Waals surface area (Å²) in [6, 6.07) is 3.70. The smallest absolute Gasteiger partial charge is 0.322 e. The van der Waals surface area contributed by atoms with E-state index in [1.807, 2.05) is 0 Å². The summed E-state index contributed by atoms with van der Waals surface area (Å²) in [5, 5.41) is 0.0181. The minimum Gasteiger partial charge on any atom is -0.468 e. The molecule has 0 saturated heterocycles. The maximum absolute atomic E-state index is 13.4. The standard InChI is InChI=1S/C10H11ClFNO2/c1-15-10(14)8(13)5-6-3-2-4-7(11)9(6)12/h2-4,8H,5,13H2,1H3/t8-/m0/s1. The summed E-state index contributed by atoms with van der Waals surface area (Å²) in [6.07, 6.45) is 0.0685. The monoisotopic (exact) mass is 231 g/mol. The molecule has 0 unspecified atom stereocenters. The van der Waals surface area contributed by atoms with Crippen LogP contribution >= 0.6 is 11.6 Å². The van der Waals surface area contributed by atoms with E-state index in [0.29, 0.717) is 5.56 Å². The van der Waals surface area contributed by atoms with Gasteiger partial charge in [0.1, 0.15) is 11.9 Å². The second-order valence-electron chi connectivity index (χ2n) is 3.05. The maximum atomic E-state index is 13.4. The van der Waals surface area contributed by atoms with Gasteiger partial charge in [0.25, 0.3) is 0 Å². The lowest BCUT2D eigenvalue weighted by atomic mass is 10.1. The van der Waals surface area contributed by atoms with Crippen molar-refractivity contribution in [3.05, 3.63) is 34.6 Å². The summed E-state index contributed by atoms with van der Waals surface area (Å²) in [6.45, 7) is 0. The van der Waals surface area contributed by atoms with Crippen LogP contribution in [0.3, 0.4) is 0 Å². The van der Waals surface area contributed by atoms with Crippen LogP contribution < -0.4 is 5.73 Å². The van der Waals surface area contributed by atoms with Gasteiger partial charge in [-0.1, -0.05) is 23.7 Å². The fourth-order valence-corrected chi connectivity index (χ4v) is 1.37. The Balaban J connectivity index is 2.81. The van der Waals surface area contributed by atoms with Crippen LogP contribution in [0.4, 0.5) is 4.39 Å². The van der Waals surface area contributed by atoms with Crippen LogP contribution in [0.2, 0.25) is 5.02 Å². The molecule has 0 radical (unpaired) electrons. The molecule has 1 aromatic carbocycles. The van der Waals surface area contributed by atoms with Crippen molar-refractivity contribution in [2.24, 2.45) is 5.73 Å². The Kier molecular flexibility index (Phi) is 4.05. The Bertz CT molecular complexity index is 370. The third-order valence-corrected chi connectivity index (χ3v) is 2.27. The van der Waals surface area contributed by atoms with E-state index in [9.17, 15) is 9.18 Å². The van der Waals surface area contributed by atoms with Crippen molar-refractivity contribution < 1.29 is 13.9 Å². The number of nitrogens with two attached hydrogens (primary N) is 1. The quantitative estimate of drug-likeness (QED) is 0.803. The van der Waals surface area contributed by atoms with Crippen LogP contribution in [-0.2, 0) is 16.0 Å². The summed E-state index contributed by atoms with van der Waals surface area (Å²) in [5.74, 6) is -1.12. The van der Waals surface area contributed by atoms with E-state index in [1.165, 1.54) is 19.2 Å². The van der Waals surface area contributed by atoms with Crippen LogP contribution in [-0.4, -0.2) is 19.1 Å². The topological polar surface area (TPSA) is 52.3 Å². The molecule has 0 fully saturated rings. The number of halogens is 2. The van der Waals surface area contributed by atoms with Gasteiger partial charge in [0, 0.05) is 6.42 Å². The molecule has 0 bridgehead atoms. The van der Waals surface area contributed by atoms with Crippen LogP contribution in [0.15, 0.2) is 18.2 Å². The molecule has 1 atom stereocenters. The normalized spacial score (nSPS) is 12.3. The van der Waals surface area contributed by atoms with Gasteiger partial charge in [0.2, 0.25) is 0 Å². The predicted molar refractivity (Wildman–Crippen MR) is 55.1 cm³/mol. The van der Waals surface area contributed by atoms with Crippen LogP contribution in [0, 0.1) is 5.82 Å². The van der Waals surface area contributed by atoms with Crippen molar-refractivity contribution in [3.63, 3.8) is 0 Å². The Morgan fingerprint density at radius 3 is 2.93 bits per heavy atom. The summed E-state index contributed by atoms with van der Waals surface area (Å²) < 4.78 is 17.8. The molecule has 5 heteroatoms. The summed E-state index contributed by atoms with van der Waals surface area (Å²) in [4.78, 5) is 11.0. The third kappa shape index (κ3) is 2.91. The molecule has 82 valence electrons. The van der Waals surface area contributed by atoms with Crippen LogP contribution in [0.1, 0.15) is 5.56 Å². The molecule has 2 N–H and O–H groups in total. The molecule has 0 amide bonds. The highest BCUT2D eigenvalue weighted by molar-refractivity contribution is 6.30. The number of carbonyl (C=O) groups is 1. The molecule has 0 aliphatic heterocycles. The van der Waals surface area contributed by atoms with Gasteiger partial charge in [-0.15, -0.1) is 0 Å². The van der Waals surface area contributed by atoms with Gasteiger partial charge in [-0.3, -0.25) is 4.79 Å². The predicted octanol–water partition coefficient (Wildman–Crippen LogP) is 1.52. The number of rotatable bonds is 3. The minimum absolute atomic E-state index is 0.0181. The Morgan fingerprint density at radius 1 is 1.67 bits per heavy atom. The van der Waals surface area contributed by atoms with Crippen molar-refractivity contribution in [1.29, 1.82) is 0 Å². The summed E-state index contributed by atoms with van der Waals surface area (Å²) in [7, 11) is 1.23. The van der Waals surface area contributed by atoms with E-state index >= 15 is 0 Å².